The first-order chi connectivity index (χ1) is 9.37. The summed E-state index contributed by atoms with van der Waals surface area (Å²) in [7, 11) is -4.09. The molecule has 1 saturated heterocycles. The molecule has 1 aromatic rings. The second-order valence-corrected chi connectivity index (χ2v) is 6.40. The number of halogens is 1. The number of rotatable bonds is 4. The molecule has 1 fully saturated rings. The maximum absolute atomic E-state index is 12.9. The van der Waals surface area contributed by atoms with Crippen LogP contribution in [-0.4, -0.2) is 47.6 Å². The molecule has 110 valence electrons. The van der Waals surface area contributed by atoms with Gasteiger partial charge in [-0.05, 0) is 37.1 Å². The summed E-state index contributed by atoms with van der Waals surface area (Å²) in [5, 5.41) is 18.3. The van der Waals surface area contributed by atoms with E-state index in [0.29, 0.717) is 0 Å². The Morgan fingerprint density at radius 1 is 1.30 bits per heavy atom. The van der Waals surface area contributed by atoms with Gasteiger partial charge in [0.2, 0.25) is 10.0 Å². The van der Waals surface area contributed by atoms with Crippen LogP contribution in [0.2, 0.25) is 0 Å². The summed E-state index contributed by atoms with van der Waals surface area (Å²) in [6.07, 6.45) is 0.412. The van der Waals surface area contributed by atoms with Crippen LogP contribution in [-0.2, 0) is 14.8 Å². The average Bonchev–Trinajstić information content (AvgIpc) is 2.84. The van der Waals surface area contributed by atoms with E-state index in [1.807, 2.05) is 0 Å². The van der Waals surface area contributed by atoms with Gasteiger partial charge in [0.1, 0.15) is 11.9 Å². The van der Waals surface area contributed by atoms with Gasteiger partial charge in [0.15, 0.2) is 0 Å². The number of carboxylic acid groups (broad SMARTS) is 1. The lowest BCUT2D eigenvalue weighted by Gasteiger charge is -2.26. The summed E-state index contributed by atoms with van der Waals surface area (Å²) in [6, 6.07) is 2.17. The van der Waals surface area contributed by atoms with E-state index < -0.39 is 40.5 Å². The highest BCUT2D eigenvalue weighted by molar-refractivity contribution is 7.89. The second kappa shape index (κ2) is 5.47. The molecule has 0 aromatic heterocycles. The summed E-state index contributed by atoms with van der Waals surface area (Å²) >= 11 is 0. The molecule has 0 spiro atoms. The first kappa shape index (κ1) is 14.9. The number of aliphatic hydroxyl groups excluding tert-OH is 1. The number of carboxylic acids is 1. The Morgan fingerprint density at radius 2 is 1.90 bits per heavy atom. The third-order valence-corrected chi connectivity index (χ3v) is 5.30. The first-order valence-corrected chi connectivity index (χ1v) is 7.44. The van der Waals surface area contributed by atoms with Crippen LogP contribution >= 0.6 is 0 Å². The van der Waals surface area contributed by atoms with Crippen molar-refractivity contribution in [2.75, 3.05) is 6.61 Å². The molecule has 0 aliphatic carbocycles. The topological polar surface area (TPSA) is 94.9 Å². The quantitative estimate of drug-likeness (QED) is 0.841. The van der Waals surface area contributed by atoms with Crippen molar-refractivity contribution >= 4 is 16.0 Å². The lowest BCUT2D eigenvalue weighted by Crippen LogP contribution is -2.46. The molecule has 8 heteroatoms. The zero-order chi connectivity index (χ0) is 14.9. The largest absolute Gasteiger partial charge is 0.480 e. The smallest absolute Gasteiger partial charge is 0.322 e. The molecule has 6 nitrogen and oxygen atoms in total. The van der Waals surface area contributed by atoms with E-state index in [-0.39, 0.29) is 17.7 Å². The molecule has 1 aliphatic heterocycles. The predicted molar refractivity (Wildman–Crippen MR) is 67.0 cm³/mol. The molecule has 0 unspecified atom stereocenters. The van der Waals surface area contributed by atoms with Crippen LogP contribution in [0.1, 0.15) is 12.8 Å². The fraction of sp³-hybridized carbons (Fsp3) is 0.417. The number of carbonyl (C=O) groups is 1. The van der Waals surface area contributed by atoms with Gasteiger partial charge >= 0.3 is 5.97 Å². The highest BCUT2D eigenvalue weighted by atomic mass is 32.2. The highest BCUT2D eigenvalue weighted by Gasteiger charge is 2.45. The van der Waals surface area contributed by atoms with Crippen LogP contribution in [0.5, 0.6) is 0 Å². The Labute approximate surface area is 115 Å². The van der Waals surface area contributed by atoms with Gasteiger partial charge in [0.05, 0.1) is 11.5 Å². The number of aliphatic hydroxyl groups is 1. The van der Waals surface area contributed by atoms with E-state index >= 15 is 0 Å². The van der Waals surface area contributed by atoms with Crippen LogP contribution in [0, 0.1) is 5.82 Å². The summed E-state index contributed by atoms with van der Waals surface area (Å²) in [5.74, 6) is -1.84. The lowest BCUT2D eigenvalue weighted by molar-refractivity contribution is -0.141. The molecule has 20 heavy (non-hydrogen) atoms. The van der Waals surface area contributed by atoms with Gasteiger partial charge in [-0.3, -0.25) is 4.79 Å². The monoisotopic (exact) mass is 303 g/mol. The molecule has 1 heterocycles. The third kappa shape index (κ3) is 2.54. The van der Waals surface area contributed by atoms with E-state index in [2.05, 4.69) is 0 Å². The molecule has 1 aliphatic rings. The summed E-state index contributed by atoms with van der Waals surface area (Å²) < 4.78 is 38.6. The van der Waals surface area contributed by atoms with Gasteiger partial charge in [-0.15, -0.1) is 0 Å². The van der Waals surface area contributed by atoms with Gasteiger partial charge in [0, 0.05) is 6.04 Å². The number of hydrogen-bond donors (Lipinski definition) is 2. The zero-order valence-corrected chi connectivity index (χ0v) is 11.3. The summed E-state index contributed by atoms with van der Waals surface area (Å²) in [6.45, 7) is -0.454. The molecular weight excluding hydrogens is 289 g/mol. The summed E-state index contributed by atoms with van der Waals surface area (Å²) in [5.41, 5.74) is 0. The number of nitrogens with zero attached hydrogens (tertiary/aromatic N) is 1. The molecule has 0 bridgehead atoms. The number of hydrogen-bond acceptors (Lipinski definition) is 4. The van der Waals surface area contributed by atoms with Gasteiger partial charge in [-0.1, -0.05) is 0 Å². The van der Waals surface area contributed by atoms with Crippen LogP contribution < -0.4 is 0 Å². The SMILES string of the molecule is O=C(O)[C@@H]1CC[C@@H](CO)N1S(=O)(=O)c1ccc(F)cc1. The van der Waals surface area contributed by atoms with Crippen molar-refractivity contribution in [1.82, 2.24) is 4.31 Å². The van der Waals surface area contributed by atoms with E-state index in [0.717, 1.165) is 28.6 Å². The van der Waals surface area contributed by atoms with E-state index in [1.54, 1.807) is 0 Å². The maximum atomic E-state index is 12.9. The maximum Gasteiger partial charge on any atom is 0.322 e. The Kier molecular flexibility index (Phi) is 4.07. The second-order valence-electron chi connectivity index (χ2n) is 4.56. The Bertz CT molecular complexity index is 601. The van der Waals surface area contributed by atoms with Crippen molar-refractivity contribution in [3.8, 4) is 0 Å². The Hall–Kier alpha value is -1.51. The number of sulfonamides is 1. The van der Waals surface area contributed by atoms with Crippen molar-refractivity contribution in [2.45, 2.75) is 29.8 Å². The van der Waals surface area contributed by atoms with Gasteiger partial charge < -0.3 is 10.2 Å². The zero-order valence-electron chi connectivity index (χ0n) is 10.4. The standard InChI is InChI=1S/C12H14FNO5S/c13-8-1-4-10(5-2-8)20(18,19)14-9(7-15)3-6-11(14)12(16)17/h1-2,4-5,9,11,15H,3,6-7H2,(H,16,17)/t9-,11-/m0/s1. The number of benzene rings is 1. The number of aliphatic carboxylic acids is 1. The van der Waals surface area contributed by atoms with Crippen molar-refractivity contribution in [3.63, 3.8) is 0 Å². The van der Waals surface area contributed by atoms with Crippen molar-refractivity contribution < 1.29 is 27.8 Å². The average molecular weight is 303 g/mol. The lowest BCUT2D eigenvalue weighted by atomic mass is 10.2. The van der Waals surface area contributed by atoms with Crippen LogP contribution in [0.3, 0.4) is 0 Å². The van der Waals surface area contributed by atoms with Crippen LogP contribution in [0.4, 0.5) is 4.39 Å². The van der Waals surface area contributed by atoms with Gasteiger partial charge in [0.25, 0.3) is 0 Å². The fourth-order valence-electron chi connectivity index (χ4n) is 2.36. The molecule has 1 aromatic carbocycles. The van der Waals surface area contributed by atoms with E-state index in [4.69, 9.17) is 5.11 Å². The van der Waals surface area contributed by atoms with Gasteiger partial charge in [-0.2, -0.15) is 4.31 Å². The highest BCUT2D eigenvalue weighted by Crippen LogP contribution is 2.31. The molecule has 2 rings (SSSR count). The minimum absolute atomic E-state index is 0.140. The normalized spacial score (nSPS) is 23.9. The third-order valence-electron chi connectivity index (χ3n) is 3.33. The molecule has 0 saturated carbocycles. The van der Waals surface area contributed by atoms with Crippen LogP contribution in [0.25, 0.3) is 0 Å². The molecule has 0 amide bonds. The van der Waals surface area contributed by atoms with E-state index in [9.17, 15) is 22.7 Å². The van der Waals surface area contributed by atoms with Gasteiger partial charge in [-0.25, -0.2) is 12.8 Å². The Morgan fingerprint density at radius 3 is 2.40 bits per heavy atom. The van der Waals surface area contributed by atoms with Crippen molar-refractivity contribution in [1.29, 1.82) is 0 Å². The minimum atomic E-state index is -4.09. The van der Waals surface area contributed by atoms with Crippen molar-refractivity contribution in [2.24, 2.45) is 0 Å². The minimum Gasteiger partial charge on any atom is -0.480 e. The molecular formula is C12H14FNO5S. The molecule has 2 atom stereocenters. The first-order valence-electron chi connectivity index (χ1n) is 6.00. The van der Waals surface area contributed by atoms with Crippen LogP contribution in [0.15, 0.2) is 29.2 Å². The van der Waals surface area contributed by atoms with E-state index in [1.165, 1.54) is 0 Å². The molecule has 2 N–H and O–H groups in total. The fourth-order valence-corrected chi connectivity index (χ4v) is 4.17. The predicted octanol–water partition coefficient (Wildman–Crippen LogP) is 0.424. The van der Waals surface area contributed by atoms with Crippen molar-refractivity contribution in [3.05, 3.63) is 30.1 Å². The Balaban J connectivity index is 2.44. The summed E-state index contributed by atoms with van der Waals surface area (Å²) in [4.78, 5) is 11.0. The molecule has 0 radical (unpaired) electrons.